The zero-order valence-corrected chi connectivity index (χ0v) is 39.3. The summed E-state index contributed by atoms with van der Waals surface area (Å²) in [4.78, 5) is 0. The van der Waals surface area contributed by atoms with E-state index in [-0.39, 0.29) is 31.1 Å². The zero-order valence-electron chi connectivity index (χ0n) is 35.3. The summed E-state index contributed by atoms with van der Waals surface area (Å²) in [6, 6.07) is 17.7. The van der Waals surface area contributed by atoms with Gasteiger partial charge in [-0.15, -0.1) is 0 Å². The molecule has 2 aromatic carbocycles. The van der Waals surface area contributed by atoms with Gasteiger partial charge in [0.05, 0.1) is 0 Å². The third-order valence-corrected chi connectivity index (χ3v) is 14.4. The third-order valence-electron chi connectivity index (χ3n) is 14.4. The molecule has 286 valence electrons. The molecule has 6 rings (SSSR count). The average molecular weight is 815 g/mol. The van der Waals surface area contributed by atoms with E-state index in [0.29, 0.717) is 0 Å². The van der Waals surface area contributed by atoms with Crippen LogP contribution in [-0.4, -0.2) is 0 Å². The third kappa shape index (κ3) is 10.0. The number of halogens is 2. The van der Waals surface area contributed by atoms with Gasteiger partial charge >= 0.3 is 37.9 Å². The fraction of sp³-hybridized carbons (Fsp3) is 0.708. The Bertz CT molecular complexity index is 1340. The first kappa shape index (κ1) is 45.3. The van der Waals surface area contributed by atoms with Crippen LogP contribution in [0.15, 0.2) is 42.5 Å². The Balaban J connectivity index is 0.00000136. The quantitative estimate of drug-likeness (QED) is 0.270. The normalized spacial score (nSPS) is 33.4. The minimum atomic E-state index is -0.826. The Morgan fingerprint density at radius 1 is 0.549 bits per heavy atom. The van der Waals surface area contributed by atoms with Crippen molar-refractivity contribution in [1.82, 2.24) is 0 Å². The van der Waals surface area contributed by atoms with E-state index in [4.69, 9.17) is 17.0 Å². The molecular weight excluding hydrogens is 739 g/mol. The van der Waals surface area contributed by atoms with Crippen LogP contribution >= 0.6 is 17.0 Å². The molecule has 0 bridgehead atoms. The van der Waals surface area contributed by atoms with E-state index in [1.165, 1.54) is 56.9 Å². The molecule has 4 aliphatic rings. The van der Waals surface area contributed by atoms with E-state index in [1.54, 1.807) is 22.3 Å². The predicted molar refractivity (Wildman–Crippen MR) is 224 cm³/mol. The summed E-state index contributed by atoms with van der Waals surface area (Å²) in [5, 5.41) is 0. The number of fused-ring (bicyclic) bond motifs is 2. The summed E-state index contributed by atoms with van der Waals surface area (Å²) in [5.41, 5.74) is 8.47. The van der Waals surface area contributed by atoms with Crippen LogP contribution in [0, 0.1) is 68.1 Å². The summed E-state index contributed by atoms with van der Waals surface area (Å²) in [6.45, 7) is 29.4. The molecule has 0 aromatic heterocycles. The van der Waals surface area contributed by atoms with E-state index in [0.717, 1.165) is 65.1 Å². The van der Waals surface area contributed by atoms with Crippen molar-refractivity contribution in [3.8, 4) is 0 Å². The van der Waals surface area contributed by atoms with Gasteiger partial charge in [-0.25, -0.2) is 0 Å². The molecule has 51 heavy (non-hydrogen) atoms. The van der Waals surface area contributed by atoms with Crippen molar-refractivity contribution in [3.63, 3.8) is 0 Å². The molecule has 4 fully saturated rings. The van der Waals surface area contributed by atoms with E-state index < -0.39 is 20.8 Å². The summed E-state index contributed by atoms with van der Waals surface area (Å²) < 4.78 is 0. The molecule has 0 heterocycles. The molecule has 11 unspecified atom stereocenters. The van der Waals surface area contributed by atoms with Crippen LogP contribution in [0.2, 0.25) is 0 Å². The van der Waals surface area contributed by atoms with Crippen molar-refractivity contribution < 1.29 is 20.8 Å². The molecule has 0 saturated heterocycles. The Kier molecular flexibility index (Phi) is 15.8. The van der Waals surface area contributed by atoms with Gasteiger partial charge in [-0.2, -0.15) is 0 Å². The van der Waals surface area contributed by atoms with Crippen molar-refractivity contribution in [2.45, 2.75) is 163 Å². The first-order chi connectivity index (χ1) is 22.8. The van der Waals surface area contributed by atoms with Gasteiger partial charge in [0.25, 0.3) is 0 Å². The Hall–Kier alpha value is -0.0969. The van der Waals surface area contributed by atoms with Crippen LogP contribution in [0.4, 0.5) is 0 Å². The number of hydrogen-bond acceptors (Lipinski definition) is 0. The molecule has 3 heteroatoms. The second-order valence-electron chi connectivity index (χ2n) is 20.5. The summed E-state index contributed by atoms with van der Waals surface area (Å²) in [7, 11) is 9.87. The van der Waals surface area contributed by atoms with Gasteiger partial charge in [0.1, 0.15) is 0 Å². The van der Waals surface area contributed by atoms with Crippen LogP contribution in [0.1, 0.15) is 174 Å². The number of hydrogen-bond donors (Lipinski definition) is 0. The van der Waals surface area contributed by atoms with Gasteiger partial charge in [0.2, 0.25) is 0 Å². The monoisotopic (exact) mass is 812 g/mol. The number of benzene rings is 2. The van der Waals surface area contributed by atoms with Gasteiger partial charge in [-0.05, 0) is 154 Å². The molecule has 0 nitrogen and oxygen atoms in total. The first-order valence-electron chi connectivity index (χ1n) is 20.1. The summed E-state index contributed by atoms with van der Waals surface area (Å²) in [5.74, 6) is 9.57. The van der Waals surface area contributed by atoms with Crippen molar-refractivity contribution >= 4 is 17.0 Å². The molecule has 11 atom stereocenters. The topological polar surface area (TPSA) is 0 Å². The van der Waals surface area contributed by atoms with Crippen molar-refractivity contribution in [2.75, 3.05) is 0 Å². The number of rotatable bonds is 4. The summed E-state index contributed by atoms with van der Waals surface area (Å²) in [6.07, 6.45) is 11.5. The molecule has 4 saturated carbocycles. The molecule has 0 spiro atoms. The van der Waals surface area contributed by atoms with E-state index >= 15 is 0 Å². The maximum absolute atomic E-state index is 4.93. The standard InChI is InChI=1S/C46H70.2CH3.2ClH.Zr/c1-28-16-21-37(32-24-34(45(7,8)9)26-35(25-32)46(10,11)12)42-23-30(3)40(43(28)42)27-39-29(2)22-41-36(14-13-15-38(39)41)31-17-19-33(20-18-31)44(4,5)6;;;;;/h17-20,24-26,28-30,36-43H,13-16,21-23,27H2,1-12H3;2*1H3;2*1H;/q;2*-1;;;+4/p-2. The second kappa shape index (κ2) is 17.8. The fourth-order valence-electron chi connectivity index (χ4n) is 11.7. The van der Waals surface area contributed by atoms with Crippen molar-refractivity contribution in [1.29, 1.82) is 0 Å². The van der Waals surface area contributed by atoms with Gasteiger partial charge in [-0.3, -0.25) is 0 Å². The molecule has 0 aliphatic heterocycles. The molecule has 0 radical (unpaired) electrons. The van der Waals surface area contributed by atoms with Gasteiger partial charge in [-0.1, -0.05) is 132 Å². The molecule has 0 N–H and O–H groups in total. The maximum atomic E-state index is 4.93. The van der Waals surface area contributed by atoms with E-state index in [1.807, 2.05) is 0 Å². The molecule has 0 amide bonds. The molecule has 4 aliphatic carbocycles. The van der Waals surface area contributed by atoms with E-state index in [2.05, 4.69) is 126 Å². The van der Waals surface area contributed by atoms with Gasteiger partial charge < -0.3 is 14.9 Å². The van der Waals surface area contributed by atoms with Crippen LogP contribution in [0.5, 0.6) is 0 Å². The first-order valence-corrected chi connectivity index (χ1v) is 26.4. The zero-order chi connectivity index (χ0) is 36.1. The van der Waals surface area contributed by atoms with E-state index in [9.17, 15) is 0 Å². The van der Waals surface area contributed by atoms with Crippen molar-refractivity contribution in [3.05, 3.63) is 85.1 Å². The van der Waals surface area contributed by atoms with Crippen LogP contribution in [-0.2, 0) is 37.1 Å². The van der Waals surface area contributed by atoms with Crippen molar-refractivity contribution in [2.24, 2.45) is 53.3 Å². The fourth-order valence-corrected chi connectivity index (χ4v) is 11.7. The molecule has 2 aromatic rings. The molecular formula is C48H76Cl2Zr. The summed E-state index contributed by atoms with van der Waals surface area (Å²) >= 11 is -0.826. The Labute approximate surface area is 336 Å². The minimum absolute atomic E-state index is 0. The van der Waals surface area contributed by atoms with Crippen LogP contribution < -0.4 is 0 Å². The Morgan fingerprint density at radius 2 is 1.04 bits per heavy atom. The van der Waals surface area contributed by atoms with Gasteiger partial charge in [0.15, 0.2) is 0 Å². The average Bonchev–Trinajstić information content (AvgIpc) is 3.52. The van der Waals surface area contributed by atoms with Crippen LogP contribution in [0.3, 0.4) is 0 Å². The predicted octanol–water partition coefficient (Wildman–Crippen LogP) is 15.5. The van der Waals surface area contributed by atoms with Gasteiger partial charge in [0, 0.05) is 0 Å². The second-order valence-corrected chi connectivity index (χ2v) is 24.3. The Morgan fingerprint density at radius 3 is 1.57 bits per heavy atom. The SMILES string of the molecule is CC1CC2C(c3ccc(C(C)(C)C)cc3)CCCC2C1CC1C(C)CC2C(c3cc(C(C)(C)C)cc(C(C)(C)C)c3)CCC(C)C12.[CH3-].[CH3-].[Cl][Zr+2][Cl]. The van der Waals surface area contributed by atoms with Crippen LogP contribution in [0.25, 0.3) is 0 Å².